The molecule has 3 heterocycles. The van der Waals surface area contributed by atoms with Crippen molar-refractivity contribution in [1.29, 1.82) is 0 Å². The molecule has 46 heavy (non-hydrogen) atoms. The minimum absolute atomic E-state index is 0.0299. The highest BCUT2D eigenvalue weighted by molar-refractivity contribution is 14.1. The Morgan fingerprint density at radius 3 is 2.26 bits per heavy atom. The fourth-order valence-electron chi connectivity index (χ4n) is 7.90. The fourth-order valence-corrected chi connectivity index (χ4v) is 8.26. The monoisotopic (exact) mass is 732 g/mol. The third-order valence-electron chi connectivity index (χ3n) is 10.4. The van der Waals surface area contributed by atoms with Crippen LogP contribution in [0.4, 0.5) is 5.69 Å². The van der Waals surface area contributed by atoms with Gasteiger partial charge in [-0.1, -0.05) is 25.0 Å². The summed E-state index contributed by atoms with van der Waals surface area (Å²) in [5, 5.41) is 0. The Balaban J connectivity index is 1.06. The van der Waals surface area contributed by atoms with Gasteiger partial charge in [0, 0.05) is 46.4 Å². The van der Waals surface area contributed by atoms with E-state index in [1.165, 1.54) is 102 Å². The Morgan fingerprint density at radius 1 is 0.717 bits per heavy atom. The second-order valence-corrected chi connectivity index (χ2v) is 14.7. The van der Waals surface area contributed by atoms with E-state index in [1.807, 2.05) is 0 Å². The number of hydrogen-bond acceptors (Lipinski definition) is 5. The van der Waals surface area contributed by atoms with Crippen LogP contribution < -0.4 is 19.1 Å². The average molecular weight is 733 g/mol. The number of allylic oxidation sites excluding steroid dienone is 1. The van der Waals surface area contributed by atoms with Crippen LogP contribution >= 0.6 is 22.6 Å². The second-order valence-electron chi connectivity index (χ2n) is 13.5. The van der Waals surface area contributed by atoms with Crippen molar-refractivity contribution in [3.8, 4) is 17.2 Å². The maximum Gasteiger partial charge on any atom is 0.145 e. The van der Waals surface area contributed by atoms with Gasteiger partial charge in [-0.15, -0.1) is 0 Å². The Morgan fingerprint density at radius 2 is 1.43 bits per heavy atom. The molecular formula is C40H49IN2O3. The van der Waals surface area contributed by atoms with Crippen LogP contribution in [0, 0.1) is 3.57 Å². The molecule has 0 bridgehead atoms. The van der Waals surface area contributed by atoms with Crippen molar-refractivity contribution >= 4 is 33.9 Å². The van der Waals surface area contributed by atoms with Gasteiger partial charge in [0.05, 0.1) is 6.61 Å². The normalized spacial score (nSPS) is 22.0. The van der Waals surface area contributed by atoms with Crippen molar-refractivity contribution < 1.29 is 14.2 Å². The molecule has 6 heteroatoms. The minimum Gasteiger partial charge on any atom is -0.494 e. The summed E-state index contributed by atoms with van der Waals surface area (Å²) >= 11 is 2.34. The van der Waals surface area contributed by atoms with Gasteiger partial charge in [0.15, 0.2) is 0 Å². The first kappa shape index (κ1) is 31.9. The molecule has 3 aromatic rings. The smallest absolute Gasteiger partial charge is 0.145 e. The van der Waals surface area contributed by atoms with Gasteiger partial charge in [0.25, 0.3) is 0 Å². The largest absolute Gasteiger partial charge is 0.494 e. The summed E-state index contributed by atoms with van der Waals surface area (Å²) in [5.74, 6) is 2.96. The lowest BCUT2D eigenvalue weighted by Gasteiger charge is -2.39. The average Bonchev–Trinajstić information content (AvgIpc) is 3.36. The van der Waals surface area contributed by atoms with E-state index >= 15 is 0 Å². The van der Waals surface area contributed by atoms with Crippen LogP contribution in [-0.2, 0) is 0 Å². The van der Waals surface area contributed by atoms with Gasteiger partial charge in [-0.05, 0) is 159 Å². The van der Waals surface area contributed by atoms with Crippen molar-refractivity contribution in [2.45, 2.75) is 89.2 Å². The highest BCUT2D eigenvalue weighted by atomic mass is 127. The van der Waals surface area contributed by atoms with Gasteiger partial charge in [-0.25, -0.2) is 0 Å². The highest BCUT2D eigenvalue weighted by Gasteiger charge is 2.32. The molecule has 7 rings (SSSR count). The van der Waals surface area contributed by atoms with Gasteiger partial charge in [-0.2, -0.15) is 0 Å². The summed E-state index contributed by atoms with van der Waals surface area (Å²) in [7, 11) is 0. The van der Waals surface area contributed by atoms with Crippen LogP contribution in [0.3, 0.4) is 0 Å². The SMILES string of the molecule is Ic1ccc(OCCC2CCCCN2c2ccc3c(c2)OC(c2ccc(OCCN4CCCCC4)cc2)C2=C3CCCCC2)cc1. The predicted molar refractivity (Wildman–Crippen MR) is 196 cm³/mol. The maximum absolute atomic E-state index is 7.00. The number of halogens is 1. The number of nitrogens with zero attached hydrogens (tertiary/aromatic N) is 2. The summed E-state index contributed by atoms with van der Waals surface area (Å²) in [4.78, 5) is 5.15. The minimum atomic E-state index is -0.0299. The topological polar surface area (TPSA) is 34.2 Å². The van der Waals surface area contributed by atoms with Crippen LogP contribution in [0.2, 0.25) is 0 Å². The highest BCUT2D eigenvalue weighted by Crippen LogP contribution is 2.48. The van der Waals surface area contributed by atoms with Crippen LogP contribution in [0.5, 0.6) is 17.2 Å². The standard InChI is InChI=1S/C40H49IN2O3/c41-31-14-19-35(20-15-31)44-27-22-32-9-5-8-25-43(32)33-16-21-37-36-10-3-1-4-11-38(36)40(46-39(37)29-33)30-12-17-34(18-13-30)45-28-26-42-23-6-2-7-24-42/h12-21,29,32,40H,1-11,22-28H2. The van der Waals surface area contributed by atoms with Crippen molar-refractivity contribution in [2.24, 2.45) is 0 Å². The summed E-state index contributed by atoms with van der Waals surface area (Å²) in [6.07, 6.45) is 14.8. The number of piperidine rings is 2. The molecule has 0 N–H and O–H groups in total. The van der Waals surface area contributed by atoms with Crippen LogP contribution in [0.15, 0.2) is 72.3 Å². The Bertz CT molecular complexity index is 1460. The molecule has 0 spiro atoms. The molecule has 0 saturated carbocycles. The first-order chi connectivity index (χ1) is 22.7. The van der Waals surface area contributed by atoms with Crippen molar-refractivity contribution in [3.63, 3.8) is 0 Å². The van der Waals surface area contributed by atoms with Gasteiger partial charge in [-0.3, -0.25) is 4.90 Å². The van der Waals surface area contributed by atoms with Crippen LogP contribution in [0.1, 0.15) is 94.3 Å². The zero-order valence-electron chi connectivity index (χ0n) is 27.2. The van der Waals surface area contributed by atoms with E-state index in [1.54, 1.807) is 0 Å². The molecule has 3 aliphatic heterocycles. The van der Waals surface area contributed by atoms with E-state index < -0.39 is 0 Å². The van der Waals surface area contributed by atoms with E-state index in [0.717, 1.165) is 62.8 Å². The lowest BCUT2D eigenvalue weighted by Crippen LogP contribution is -2.40. The molecule has 1 aliphatic carbocycles. The molecule has 244 valence electrons. The molecule has 2 saturated heterocycles. The summed E-state index contributed by atoms with van der Waals surface area (Å²) in [5.41, 5.74) is 6.84. The third-order valence-corrected chi connectivity index (χ3v) is 11.1. The van der Waals surface area contributed by atoms with Crippen molar-refractivity contribution in [1.82, 2.24) is 4.90 Å². The number of hydrogen-bond donors (Lipinski definition) is 0. The van der Waals surface area contributed by atoms with Gasteiger partial charge in [0.1, 0.15) is 30.0 Å². The molecule has 0 radical (unpaired) electrons. The second kappa shape index (κ2) is 15.5. The Labute approximate surface area is 289 Å². The molecule has 0 aromatic heterocycles. The van der Waals surface area contributed by atoms with Crippen molar-refractivity contribution in [2.75, 3.05) is 44.3 Å². The van der Waals surface area contributed by atoms with E-state index in [2.05, 4.69) is 99.1 Å². The number of benzene rings is 3. The predicted octanol–water partition coefficient (Wildman–Crippen LogP) is 9.84. The van der Waals surface area contributed by atoms with Crippen LogP contribution in [-0.4, -0.2) is 50.3 Å². The number of rotatable bonds is 10. The molecule has 2 atom stereocenters. The first-order valence-electron chi connectivity index (χ1n) is 17.8. The number of anilines is 1. The summed E-state index contributed by atoms with van der Waals surface area (Å²) < 4.78 is 20.6. The van der Waals surface area contributed by atoms with Gasteiger partial charge < -0.3 is 19.1 Å². The number of likely N-dealkylation sites (tertiary alicyclic amines) is 1. The van der Waals surface area contributed by atoms with E-state index in [4.69, 9.17) is 14.2 Å². The lowest BCUT2D eigenvalue weighted by atomic mass is 9.86. The van der Waals surface area contributed by atoms with E-state index in [0.29, 0.717) is 6.04 Å². The summed E-state index contributed by atoms with van der Waals surface area (Å²) in [6, 6.07) is 24.7. The first-order valence-corrected chi connectivity index (χ1v) is 18.9. The third kappa shape index (κ3) is 7.70. The Hall–Kier alpha value is -2.71. The van der Waals surface area contributed by atoms with E-state index in [-0.39, 0.29) is 6.10 Å². The fraction of sp³-hybridized carbons (Fsp3) is 0.500. The van der Waals surface area contributed by atoms with Gasteiger partial charge >= 0.3 is 0 Å². The van der Waals surface area contributed by atoms with E-state index in [9.17, 15) is 0 Å². The lowest BCUT2D eigenvalue weighted by molar-refractivity contribution is 0.183. The van der Waals surface area contributed by atoms with Gasteiger partial charge in [0.2, 0.25) is 0 Å². The van der Waals surface area contributed by atoms with Crippen LogP contribution in [0.25, 0.3) is 5.57 Å². The molecule has 4 aliphatic rings. The number of fused-ring (bicyclic) bond motifs is 2. The molecule has 0 amide bonds. The Kier molecular flexibility index (Phi) is 10.7. The zero-order valence-corrected chi connectivity index (χ0v) is 29.4. The number of ether oxygens (including phenoxy) is 3. The molecule has 5 nitrogen and oxygen atoms in total. The zero-order chi connectivity index (χ0) is 31.1. The quantitative estimate of drug-likeness (QED) is 0.194. The van der Waals surface area contributed by atoms with Crippen molar-refractivity contribution in [3.05, 3.63) is 87.0 Å². The molecule has 3 aromatic carbocycles. The molecule has 2 unspecified atom stereocenters. The molecule has 2 fully saturated rings. The maximum atomic E-state index is 7.00. The molecular weight excluding hydrogens is 683 g/mol. The summed E-state index contributed by atoms with van der Waals surface area (Å²) in [6.45, 7) is 6.01.